The van der Waals surface area contributed by atoms with Gasteiger partial charge in [0.1, 0.15) is 11.6 Å². The van der Waals surface area contributed by atoms with Crippen molar-refractivity contribution in [1.29, 1.82) is 0 Å². The van der Waals surface area contributed by atoms with Crippen LogP contribution in [0.5, 0.6) is 5.75 Å². The summed E-state index contributed by atoms with van der Waals surface area (Å²) in [7, 11) is 0.172. The molecule has 100 valence electrons. The Hall–Kier alpha value is -1.88. The second kappa shape index (κ2) is 5.84. The standard InChI is InChI=1S/C14H14FNO2S/c1-18-10-4-2-5-11(8-10)19(17)9-12-13(15)6-3-7-14(12)16/h2-8H,9,16H2,1H3. The van der Waals surface area contributed by atoms with Gasteiger partial charge in [0.25, 0.3) is 0 Å². The number of benzene rings is 2. The van der Waals surface area contributed by atoms with Crippen molar-refractivity contribution in [2.45, 2.75) is 10.6 Å². The van der Waals surface area contributed by atoms with Crippen LogP contribution >= 0.6 is 0 Å². The number of nitrogen functional groups attached to an aromatic ring is 1. The third-order valence-corrected chi connectivity index (χ3v) is 4.07. The van der Waals surface area contributed by atoms with Gasteiger partial charge in [0.15, 0.2) is 0 Å². The number of hydrogen-bond donors (Lipinski definition) is 1. The van der Waals surface area contributed by atoms with E-state index >= 15 is 0 Å². The van der Waals surface area contributed by atoms with E-state index in [4.69, 9.17) is 10.5 Å². The molecule has 2 rings (SSSR count). The third kappa shape index (κ3) is 3.12. The molecule has 2 N–H and O–H groups in total. The highest BCUT2D eigenvalue weighted by molar-refractivity contribution is 7.84. The van der Waals surface area contributed by atoms with E-state index in [9.17, 15) is 8.60 Å². The van der Waals surface area contributed by atoms with Gasteiger partial charge in [0.2, 0.25) is 0 Å². The average molecular weight is 279 g/mol. The first-order chi connectivity index (χ1) is 9.11. The van der Waals surface area contributed by atoms with Crippen LogP contribution in [0.2, 0.25) is 0 Å². The maximum atomic E-state index is 13.6. The largest absolute Gasteiger partial charge is 0.497 e. The van der Waals surface area contributed by atoms with Crippen molar-refractivity contribution >= 4 is 16.5 Å². The number of rotatable bonds is 4. The molecule has 2 aromatic carbocycles. The normalized spacial score (nSPS) is 12.1. The fraction of sp³-hybridized carbons (Fsp3) is 0.143. The summed E-state index contributed by atoms with van der Waals surface area (Å²) in [6.45, 7) is 0. The summed E-state index contributed by atoms with van der Waals surface area (Å²) >= 11 is 0. The lowest BCUT2D eigenvalue weighted by Crippen LogP contribution is -2.03. The summed E-state index contributed by atoms with van der Waals surface area (Å²) in [6, 6.07) is 11.3. The van der Waals surface area contributed by atoms with Crippen LogP contribution in [0.3, 0.4) is 0 Å². The van der Waals surface area contributed by atoms with Crippen molar-refractivity contribution < 1.29 is 13.3 Å². The van der Waals surface area contributed by atoms with E-state index in [1.165, 1.54) is 19.2 Å². The molecule has 0 amide bonds. The molecule has 0 aliphatic heterocycles. The van der Waals surface area contributed by atoms with E-state index in [0.717, 1.165) is 0 Å². The lowest BCUT2D eigenvalue weighted by molar-refractivity contribution is 0.413. The number of methoxy groups -OCH3 is 1. The smallest absolute Gasteiger partial charge is 0.129 e. The first-order valence-corrected chi connectivity index (χ1v) is 6.99. The highest BCUT2D eigenvalue weighted by Gasteiger charge is 2.12. The molecule has 19 heavy (non-hydrogen) atoms. The van der Waals surface area contributed by atoms with E-state index in [2.05, 4.69) is 0 Å². The molecule has 1 unspecified atom stereocenters. The molecule has 0 radical (unpaired) electrons. The first-order valence-electron chi connectivity index (χ1n) is 5.67. The van der Waals surface area contributed by atoms with Gasteiger partial charge in [-0.25, -0.2) is 4.39 Å². The van der Waals surface area contributed by atoms with Crippen LogP contribution in [0.25, 0.3) is 0 Å². The molecule has 0 aliphatic carbocycles. The van der Waals surface area contributed by atoms with Gasteiger partial charge in [-0.05, 0) is 30.3 Å². The molecule has 0 aromatic heterocycles. The van der Waals surface area contributed by atoms with Crippen LogP contribution in [0.4, 0.5) is 10.1 Å². The fourth-order valence-electron chi connectivity index (χ4n) is 1.68. The Balaban J connectivity index is 2.25. The van der Waals surface area contributed by atoms with Crippen molar-refractivity contribution in [3.63, 3.8) is 0 Å². The summed E-state index contributed by atoms with van der Waals surface area (Å²) in [5, 5.41) is 0. The van der Waals surface area contributed by atoms with Gasteiger partial charge in [-0.1, -0.05) is 12.1 Å². The van der Waals surface area contributed by atoms with Gasteiger partial charge < -0.3 is 10.5 Å². The van der Waals surface area contributed by atoms with Crippen LogP contribution in [0.1, 0.15) is 5.56 Å². The van der Waals surface area contributed by atoms with Crippen molar-refractivity contribution in [3.05, 3.63) is 53.8 Å². The van der Waals surface area contributed by atoms with E-state index in [1.807, 2.05) is 0 Å². The molecule has 2 aromatic rings. The van der Waals surface area contributed by atoms with Gasteiger partial charge in [0, 0.05) is 16.1 Å². The molecule has 0 fully saturated rings. The van der Waals surface area contributed by atoms with Crippen LogP contribution in [-0.2, 0) is 16.6 Å². The van der Waals surface area contributed by atoms with Crippen molar-refractivity contribution in [2.24, 2.45) is 0 Å². The summed E-state index contributed by atoms with van der Waals surface area (Å²) in [4.78, 5) is 0.585. The van der Waals surface area contributed by atoms with Gasteiger partial charge in [0.05, 0.1) is 23.7 Å². The van der Waals surface area contributed by atoms with Gasteiger partial charge in [-0.3, -0.25) is 4.21 Å². The second-order valence-electron chi connectivity index (χ2n) is 3.98. The topological polar surface area (TPSA) is 52.3 Å². The molecule has 1 atom stereocenters. The highest BCUT2D eigenvalue weighted by atomic mass is 32.2. The molecule has 0 saturated heterocycles. The molecule has 0 heterocycles. The first kappa shape index (κ1) is 13.5. The monoisotopic (exact) mass is 279 g/mol. The zero-order valence-corrected chi connectivity index (χ0v) is 11.2. The maximum absolute atomic E-state index is 13.6. The Kier molecular flexibility index (Phi) is 4.16. The maximum Gasteiger partial charge on any atom is 0.129 e. The van der Waals surface area contributed by atoms with Crippen LogP contribution < -0.4 is 10.5 Å². The SMILES string of the molecule is COc1cccc(S(=O)Cc2c(N)cccc2F)c1. The highest BCUT2D eigenvalue weighted by Crippen LogP contribution is 2.22. The molecule has 0 saturated carbocycles. The van der Waals surface area contributed by atoms with Gasteiger partial charge in [-0.15, -0.1) is 0 Å². The summed E-state index contributed by atoms with van der Waals surface area (Å²) in [5.41, 5.74) is 6.30. The number of anilines is 1. The van der Waals surface area contributed by atoms with Crippen LogP contribution in [0, 0.1) is 5.82 Å². The Morgan fingerprint density at radius 2 is 2.00 bits per heavy atom. The summed E-state index contributed by atoms with van der Waals surface area (Å²) in [5.74, 6) is 0.231. The van der Waals surface area contributed by atoms with Crippen molar-refractivity contribution in [3.8, 4) is 5.75 Å². The van der Waals surface area contributed by atoms with Gasteiger partial charge >= 0.3 is 0 Å². The average Bonchev–Trinajstić information content (AvgIpc) is 2.43. The lowest BCUT2D eigenvalue weighted by atomic mass is 10.2. The minimum Gasteiger partial charge on any atom is -0.497 e. The fourth-order valence-corrected chi connectivity index (χ4v) is 2.90. The Morgan fingerprint density at radius 3 is 2.68 bits per heavy atom. The second-order valence-corrected chi connectivity index (χ2v) is 5.43. The predicted molar refractivity (Wildman–Crippen MR) is 73.9 cm³/mol. The number of hydrogen-bond acceptors (Lipinski definition) is 3. The van der Waals surface area contributed by atoms with E-state index < -0.39 is 16.6 Å². The molecular weight excluding hydrogens is 265 g/mol. The zero-order chi connectivity index (χ0) is 13.8. The number of ether oxygens (including phenoxy) is 1. The minimum atomic E-state index is -1.37. The van der Waals surface area contributed by atoms with Crippen LogP contribution in [0.15, 0.2) is 47.4 Å². The van der Waals surface area contributed by atoms with E-state index in [0.29, 0.717) is 16.3 Å². The van der Waals surface area contributed by atoms with Gasteiger partial charge in [-0.2, -0.15) is 0 Å². The number of nitrogens with two attached hydrogens (primary N) is 1. The quantitative estimate of drug-likeness (QED) is 0.875. The molecular formula is C14H14FNO2S. The summed E-state index contributed by atoms with van der Waals surface area (Å²) in [6.07, 6.45) is 0. The van der Waals surface area contributed by atoms with E-state index in [-0.39, 0.29) is 11.3 Å². The minimum absolute atomic E-state index is 0.0473. The van der Waals surface area contributed by atoms with E-state index in [1.54, 1.807) is 30.3 Å². The molecule has 3 nitrogen and oxygen atoms in total. The molecule has 5 heteroatoms. The molecule has 0 aliphatic rings. The third-order valence-electron chi connectivity index (χ3n) is 2.73. The molecule has 0 bridgehead atoms. The number of halogens is 1. The Bertz CT molecular complexity index is 596. The van der Waals surface area contributed by atoms with Crippen molar-refractivity contribution in [1.82, 2.24) is 0 Å². The summed E-state index contributed by atoms with van der Waals surface area (Å²) < 4.78 is 30.9. The predicted octanol–water partition coefficient (Wildman–Crippen LogP) is 2.72. The van der Waals surface area contributed by atoms with Crippen LogP contribution in [-0.4, -0.2) is 11.3 Å². The zero-order valence-electron chi connectivity index (χ0n) is 10.4. The Labute approximate surface area is 113 Å². The van der Waals surface area contributed by atoms with Crippen molar-refractivity contribution in [2.75, 3.05) is 12.8 Å². The Morgan fingerprint density at radius 1 is 1.26 bits per heavy atom. The lowest BCUT2D eigenvalue weighted by Gasteiger charge is -2.08. The molecule has 0 spiro atoms.